The number of benzene rings is 2. The van der Waals surface area contributed by atoms with E-state index < -0.39 is 0 Å². The molecule has 0 saturated carbocycles. The van der Waals surface area contributed by atoms with Gasteiger partial charge < -0.3 is 10.5 Å². The SMILES string of the molecule is Cc1ccc(CC(C)N)cc1Oc1ccc(Cl)cc1. The van der Waals surface area contributed by atoms with Crippen LogP contribution in [0.5, 0.6) is 11.5 Å². The molecule has 0 aliphatic carbocycles. The van der Waals surface area contributed by atoms with Crippen molar-refractivity contribution in [1.29, 1.82) is 0 Å². The Bertz CT molecular complexity index is 549. The molecular weight excluding hydrogens is 258 g/mol. The van der Waals surface area contributed by atoms with E-state index in [2.05, 4.69) is 12.1 Å². The van der Waals surface area contributed by atoms with E-state index in [4.69, 9.17) is 22.1 Å². The van der Waals surface area contributed by atoms with Crippen LogP contribution in [-0.2, 0) is 6.42 Å². The molecule has 0 spiro atoms. The van der Waals surface area contributed by atoms with Gasteiger partial charge in [0, 0.05) is 11.1 Å². The van der Waals surface area contributed by atoms with Crippen molar-refractivity contribution in [1.82, 2.24) is 0 Å². The lowest BCUT2D eigenvalue weighted by Gasteiger charge is -2.12. The van der Waals surface area contributed by atoms with Crippen LogP contribution in [0.3, 0.4) is 0 Å². The van der Waals surface area contributed by atoms with Crippen molar-refractivity contribution in [3.8, 4) is 11.5 Å². The van der Waals surface area contributed by atoms with Gasteiger partial charge in [-0.3, -0.25) is 0 Å². The molecule has 0 aliphatic heterocycles. The van der Waals surface area contributed by atoms with Crippen molar-refractivity contribution in [3.63, 3.8) is 0 Å². The molecule has 2 nitrogen and oxygen atoms in total. The Morgan fingerprint density at radius 2 is 1.84 bits per heavy atom. The molecule has 2 aromatic rings. The largest absolute Gasteiger partial charge is 0.457 e. The summed E-state index contributed by atoms with van der Waals surface area (Å²) in [6.07, 6.45) is 0.845. The first kappa shape index (κ1) is 13.9. The van der Waals surface area contributed by atoms with E-state index in [9.17, 15) is 0 Å². The van der Waals surface area contributed by atoms with E-state index in [1.54, 1.807) is 0 Å². The number of halogens is 1. The molecule has 0 saturated heterocycles. The zero-order valence-corrected chi connectivity index (χ0v) is 11.9. The Labute approximate surface area is 119 Å². The van der Waals surface area contributed by atoms with Gasteiger partial charge in [-0.25, -0.2) is 0 Å². The van der Waals surface area contributed by atoms with E-state index in [1.165, 1.54) is 5.56 Å². The van der Waals surface area contributed by atoms with E-state index in [-0.39, 0.29) is 6.04 Å². The van der Waals surface area contributed by atoms with Crippen LogP contribution in [0.4, 0.5) is 0 Å². The average Bonchev–Trinajstić information content (AvgIpc) is 2.35. The fourth-order valence-electron chi connectivity index (χ4n) is 1.88. The highest BCUT2D eigenvalue weighted by Crippen LogP contribution is 2.27. The topological polar surface area (TPSA) is 35.2 Å². The summed E-state index contributed by atoms with van der Waals surface area (Å²) in [5.74, 6) is 1.64. The van der Waals surface area contributed by atoms with Gasteiger partial charge in [0.2, 0.25) is 0 Å². The highest BCUT2D eigenvalue weighted by Gasteiger charge is 2.05. The minimum Gasteiger partial charge on any atom is -0.457 e. The van der Waals surface area contributed by atoms with Gasteiger partial charge in [0.05, 0.1) is 0 Å². The fraction of sp³-hybridized carbons (Fsp3) is 0.250. The quantitative estimate of drug-likeness (QED) is 0.901. The molecule has 3 heteroatoms. The van der Waals surface area contributed by atoms with Crippen LogP contribution in [0.25, 0.3) is 0 Å². The maximum Gasteiger partial charge on any atom is 0.130 e. The molecule has 0 fully saturated rings. The predicted octanol–water partition coefficient (Wildman–Crippen LogP) is 4.33. The first-order chi connectivity index (χ1) is 9.04. The Hall–Kier alpha value is -1.51. The lowest BCUT2D eigenvalue weighted by Crippen LogP contribution is -2.17. The third-order valence-electron chi connectivity index (χ3n) is 2.85. The van der Waals surface area contributed by atoms with Crippen molar-refractivity contribution in [3.05, 3.63) is 58.6 Å². The molecule has 1 unspecified atom stereocenters. The summed E-state index contributed by atoms with van der Waals surface area (Å²) in [4.78, 5) is 0. The van der Waals surface area contributed by atoms with Crippen LogP contribution < -0.4 is 10.5 Å². The molecule has 2 rings (SSSR count). The fourth-order valence-corrected chi connectivity index (χ4v) is 2.01. The molecule has 1 atom stereocenters. The van der Waals surface area contributed by atoms with Crippen molar-refractivity contribution in [2.45, 2.75) is 26.3 Å². The van der Waals surface area contributed by atoms with Gasteiger partial charge in [-0.2, -0.15) is 0 Å². The molecular formula is C16H18ClNO. The zero-order chi connectivity index (χ0) is 13.8. The van der Waals surface area contributed by atoms with Crippen LogP contribution in [0.2, 0.25) is 5.02 Å². The Morgan fingerprint density at radius 1 is 1.16 bits per heavy atom. The van der Waals surface area contributed by atoms with Gasteiger partial charge in [-0.05, 0) is 61.7 Å². The summed E-state index contributed by atoms with van der Waals surface area (Å²) < 4.78 is 5.89. The maximum atomic E-state index is 5.89. The van der Waals surface area contributed by atoms with Crippen molar-refractivity contribution < 1.29 is 4.74 Å². The number of rotatable bonds is 4. The summed E-state index contributed by atoms with van der Waals surface area (Å²) in [5.41, 5.74) is 8.11. The predicted molar refractivity (Wildman–Crippen MR) is 80.1 cm³/mol. The number of aryl methyl sites for hydroxylation is 1. The van der Waals surface area contributed by atoms with Gasteiger partial charge in [0.1, 0.15) is 11.5 Å². The maximum absolute atomic E-state index is 5.89. The summed E-state index contributed by atoms with van der Waals surface area (Å²) in [6.45, 7) is 4.03. The van der Waals surface area contributed by atoms with Crippen molar-refractivity contribution >= 4 is 11.6 Å². The van der Waals surface area contributed by atoms with E-state index in [0.29, 0.717) is 5.02 Å². The minimum atomic E-state index is 0.145. The molecule has 0 aliphatic rings. The molecule has 0 radical (unpaired) electrons. The number of hydrogen-bond donors (Lipinski definition) is 1. The highest BCUT2D eigenvalue weighted by molar-refractivity contribution is 6.30. The Morgan fingerprint density at radius 3 is 2.47 bits per heavy atom. The molecule has 0 bridgehead atoms. The molecule has 2 aromatic carbocycles. The van der Waals surface area contributed by atoms with Gasteiger partial charge >= 0.3 is 0 Å². The Balaban J connectivity index is 2.21. The van der Waals surface area contributed by atoms with Gasteiger partial charge in [-0.15, -0.1) is 0 Å². The smallest absolute Gasteiger partial charge is 0.130 e. The summed E-state index contributed by atoms with van der Waals surface area (Å²) >= 11 is 5.86. The van der Waals surface area contributed by atoms with Crippen LogP contribution >= 0.6 is 11.6 Å². The minimum absolute atomic E-state index is 0.145. The third kappa shape index (κ3) is 3.98. The standard InChI is InChI=1S/C16H18ClNO/c1-11-3-4-13(9-12(2)18)10-16(11)19-15-7-5-14(17)6-8-15/h3-8,10,12H,9,18H2,1-2H3. The van der Waals surface area contributed by atoms with Crippen molar-refractivity contribution in [2.24, 2.45) is 5.73 Å². The summed E-state index contributed by atoms with van der Waals surface area (Å²) in [6, 6.07) is 13.7. The number of ether oxygens (including phenoxy) is 1. The third-order valence-corrected chi connectivity index (χ3v) is 3.10. The van der Waals surface area contributed by atoms with Crippen LogP contribution in [-0.4, -0.2) is 6.04 Å². The first-order valence-electron chi connectivity index (χ1n) is 6.33. The van der Waals surface area contributed by atoms with Crippen LogP contribution in [0.15, 0.2) is 42.5 Å². The normalized spacial score (nSPS) is 12.2. The highest BCUT2D eigenvalue weighted by atomic mass is 35.5. The van der Waals surface area contributed by atoms with Crippen LogP contribution in [0, 0.1) is 6.92 Å². The Kier molecular flexibility index (Phi) is 4.46. The van der Waals surface area contributed by atoms with Gasteiger partial charge in [0.15, 0.2) is 0 Å². The zero-order valence-electron chi connectivity index (χ0n) is 11.2. The van der Waals surface area contributed by atoms with E-state index in [1.807, 2.05) is 44.2 Å². The van der Waals surface area contributed by atoms with Crippen LogP contribution in [0.1, 0.15) is 18.1 Å². The second-order valence-corrected chi connectivity index (χ2v) is 5.27. The van der Waals surface area contributed by atoms with Crippen molar-refractivity contribution in [2.75, 3.05) is 0 Å². The molecule has 0 aromatic heterocycles. The molecule has 0 amide bonds. The molecule has 100 valence electrons. The molecule has 19 heavy (non-hydrogen) atoms. The summed E-state index contributed by atoms with van der Waals surface area (Å²) in [7, 11) is 0. The van der Waals surface area contributed by atoms with E-state index in [0.717, 1.165) is 23.5 Å². The molecule has 2 N–H and O–H groups in total. The van der Waals surface area contributed by atoms with Gasteiger partial charge in [0.25, 0.3) is 0 Å². The van der Waals surface area contributed by atoms with Gasteiger partial charge in [-0.1, -0.05) is 23.7 Å². The number of hydrogen-bond acceptors (Lipinski definition) is 2. The number of nitrogens with two attached hydrogens (primary N) is 1. The molecule has 0 heterocycles. The average molecular weight is 276 g/mol. The summed E-state index contributed by atoms with van der Waals surface area (Å²) in [5, 5.41) is 0.703. The monoisotopic (exact) mass is 275 g/mol. The second-order valence-electron chi connectivity index (χ2n) is 4.84. The van der Waals surface area contributed by atoms with E-state index >= 15 is 0 Å². The first-order valence-corrected chi connectivity index (χ1v) is 6.71. The second kappa shape index (κ2) is 6.09. The lowest BCUT2D eigenvalue weighted by atomic mass is 10.1. The lowest BCUT2D eigenvalue weighted by molar-refractivity contribution is 0.478.